The number of amides is 2. The number of carbonyl (C=O) groups is 2. The van der Waals surface area contributed by atoms with Gasteiger partial charge in [0.05, 0.1) is 24.8 Å². The van der Waals surface area contributed by atoms with Crippen molar-refractivity contribution in [2.45, 2.75) is 57.1 Å². The van der Waals surface area contributed by atoms with Crippen LogP contribution in [0.2, 0.25) is 0 Å². The summed E-state index contributed by atoms with van der Waals surface area (Å²) >= 11 is 0. The Kier molecular flexibility index (Phi) is 11.2. The first kappa shape index (κ1) is 31.5. The number of rotatable bonds is 14. The molecule has 41 heavy (non-hydrogen) atoms. The van der Waals surface area contributed by atoms with Crippen LogP contribution in [-0.4, -0.2) is 58.0 Å². The normalized spacial score (nSPS) is 12.6. The number of para-hydroxylation sites is 1. The Morgan fingerprint density at radius 2 is 1.51 bits per heavy atom. The van der Waals surface area contributed by atoms with E-state index in [9.17, 15) is 18.0 Å². The van der Waals surface area contributed by atoms with Gasteiger partial charge in [0.1, 0.15) is 24.1 Å². The molecule has 0 bridgehead atoms. The molecule has 9 nitrogen and oxygen atoms in total. The van der Waals surface area contributed by atoms with Crippen LogP contribution in [0.15, 0.2) is 83.8 Å². The smallest absolute Gasteiger partial charge is 0.264 e. The van der Waals surface area contributed by atoms with E-state index in [4.69, 9.17) is 9.47 Å². The minimum atomic E-state index is -4.16. The fourth-order valence-electron chi connectivity index (χ4n) is 4.33. The van der Waals surface area contributed by atoms with Crippen LogP contribution < -0.4 is 19.1 Å². The molecule has 0 fully saturated rings. The molecule has 0 saturated carbocycles. The van der Waals surface area contributed by atoms with Gasteiger partial charge in [-0.15, -0.1) is 0 Å². The first-order chi connectivity index (χ1) is 19.6. The molecule has 0 aromatic heterocycles. The van der Waals surface area contributed by atoms with Gasteiger partial charge in [-0.1, -0.05) is 44.2 Å². The van der Waals surface area contributed by atoms with E-state index in [1.165, 1.54) is 24.1 Å². The summed E-state index contributed by atoms with van der Waals surface area (Å²) in [6, 6.07) is 20.8. The van der Waals surface area contributed by atoms with Gasteiger partial charge in [-0.05, 0) is 73.9 Å². The van der Waals surface area contributed by atoms with Crippen LogP contribution in [0.5, 0.6) is 11.5 Å². The first-order valence-corrected chi connectivity index (χ1v) is 15.0. The summed E-state index contributed by atoms with van der Waals surface area (Å²) in [5.74, 6) is 0.316. The molecule has 10 heteroatoms. The van der Waals surface area contributed by atoms with Crippen molar-refractivity contribution in [1.29, 1.82) is 0 Å². The van der Waals surface area contributed by atoms with E-state index in [-0.39, 0.29) is 23.4 Å². The van der Waals surface area contributed by atoms with Gasteiger partial charge in [0.2, 0.25) is 11.8 Å². The lowest BCUT2D eigenvalue weighted by atomic mass is 10.1. The number of ether oxygens (including phenoxy) is 2. The second-order valence-electron chi connectivity index (χ2n) is 9.64. The molecule has 0 spiro atoms. The van der Waals surface area contributed by atoms with Gasteiger partial charge in [-0.25, -0.2) is 8.42 Å². The van der Waals surface area contributed by atoms with E-state index in [0.717, 1.165) is 16.3 Å². The van der Waals surface area contributed by atoms with E-state index in [0.29, 0.717) is 23.6 Å². The predicted molar refractivity (Wildman–Crippen MR) is 159 cm³/mol. The average Bonchev–Trinajstić information content (AvgIpc) is 2.99. The highest BCUT2D eigenvalue weighted by Gasteiger charge is 2.34. The molecule has 220 valence electrons. The van der Waals surface area contributed by atoms with Gasteiger partial charge in [-0.2, -0.15) is 0 Å². The quantitative estimate of drug-likeness (QED) is 0.298. The molecule has 0 aliphatic heterocycles. The second-order valence-corrected chi connectivity index (χ2v) is 11.5. The minimum Gasteiger partial charge on any atom is -0.497 e. The van der Waals surface area contributed by atoms with E-state index < -0.39 is 28.5 Å². The molecule has 2 atom stereocenters. The van der Waals surface area contributed by atoms with Crippen molar-refractivity contribution in [1.82, 2.24) is 10.2 Å². The number of benzene rings is 3. The van der Waals surface area contributed by atoms with Crippen molar-refractivity contribution in [3.63, 3.8) is 0 Å². The summed E-state index contributed by atoms with van der Waals surface area (Å²) in [6.45, 7) is 5.28. The molecule has 3 rings (SSSR count). The Morgan fingerprint density at radius 3 is 2.10 bits per heavy atom. The molecule has 0 aliphatic rings. The third-order valence-electron chi connectivity index (χ3n) is 6.84. The molecule has 0 radical (unpaired) electrons. The number of nitrogens with one attached hydrogen (secondary N) is 1. The molecular formula is C31H39N3O6S. The second kappa shape index (κ2) is 14.5. The van der Waals surface area contributed by atoms with Crippen LogP contribution >= 0.6 is 0 Å². The zero-order chi connectivity index (χ0) is 30.0. The molecule has 0 saturated heterocycles. The Hall–Kier alpha value is -4.05. The summed E-state index contributed by atoms with van der Waals surface area (Å²) in [7, 11) is -1.11. The summed E-state index contributed by atoms with van der Waals surface area (Å²) < 4.78 is 39.4. The zero-order valence-electron chi connectivity index (χ0n) is 24.2. The molecule has 0 heterocycles. The van der Waals surface area contributed by atoms with Crippen LogP contribution in [0.3, 0.4) is 0 Å². The zero-order valence-corrected chi connectivity index (χ0v) is 25.1. The van der Waals surface area contributed by atoms with E-state index in [1.54, 1.807) is 67.8 Å². The molecule has 3 aromatic carbocycles. The standard InChI is InChI=1S/C31H39N3O6S/c1-6-23(3)32-31(36)29(7-2)33(21-24-12-11-15-27(20-24)40-5)30(35)22-34(25-13-9-8-10-14-25)41(37,38)28-18-16-26(39-4)17-19-28/h8-20,23,29H,6-7,21-22H2,1-5H3,(H,32,36)/t23-,29+/m0/s1. The molecular weight excluding hydrogens is 542 g/mol. The maximum Gasteiger partial charge on any atom is 0.264 e. The molecule has 0 aliphatic carbocycles. The molecule has 1 N–H and O–H groups in total. The Bertz CT molecular complexity index is 1400. The average molecular weight is 582 g/mol. The van der Waals surface area contributed by atoms with E-state index in [1.807, 2.05) is 26.8 Å². The maximum absolute atomic E-state index is 14.1. The SMILES string of the molecule is CC[C@H](C(=O)N[C@@H](C)CC)N(Cc1cccc(OC)c1)C(=O)CN(c1ccccc1)S(=O)(=O)c1ccc(OC)cc1. The number of carbonyl (C=O) groups excluding carboxylic acids is 2. The van der Waals surface area contributed by atoms with E-state index >= 15 is 0 Å². The number of nitrogens with zero attached hydrogens (tertiary/aromatic N) is 2. The third-order valence-corrected chi connectivity index (χ3v) is 8.63. The third kappa shape index (κ3) is 8.00. The largest absolute Gasteiger partial charge is 0.497 e. The monoisotopic (exact) mass is 581 g/mol. The predicted octanol–water partition coefficient (Wildman–Crippen LogP) is 4.62. The minimum absolute atomic E-state index is 0.0100. The number of methoxy groups -OCH3 is 2. The van der Waals surface area contributed by atoms with Crippen LogP contribution in [0, 0.1) is 0 Å². The highest BCUT2D eigenvalue weighted by molar-refractivity contribution is 7.92. The molecule has 3 aromatic rings. The van der Waals surface area contributed by atoms with Crippen LogP contribution in [0.1, 0.15) is 39.2 Å². The highest BCUT2D eigenvalue weighted by Crippen LogP contribution is 2.26. The van der Waals surface area contributed by atoms with Crippen molar-refractivity contribution < 1.29 is 27.5 Å². The summed E-state index contributed by atoms with van der Waals surface area (Å²) in [5.41, 5.74) is 1.08. The lowest BCUT2D eigenvalue weighted by Gasteiger charge is -2.33. The summed E-state index contributed by atoms with van der Waals surface area (Å²) in [6.07, 6.45) is 1.07. The van der Waals surface area contributed by atoms with Crippen LogP contribution in [0.25, 0.3) is 0 Å². The number of hydrogen-bond acceptors (Lipinski definition) is 6. The first-order valence-electron chi connectivity index (χ1n) is 13.6. The molecule has 2 amide bonds. The van der Waals surface area contributed by atoms with Gasteiger partial charge in [0.25, 0.3) is 10.0 Å². The molecule has 0 unspecified atom stereocenters. The van der Waals surface area contributed by atoms with Gasteiger partial charge in [0.15, 0.2) is 0 Å². The van der Waals surface area contributed by atoms with Crippen molar-refractivity contribution >= 4 is 27.5 Å². The van der Waals surface area contributed by atoms with Crippen LogP contribution in [-0.2, 0) is 26.2 Å². The van der Waals surface area contributed by atoms with Gasteiger partial charge in [-0.3, -0.25) is 13.9 Å². The fourth-order valence-corrected chi connectivity index (χ4v) is 5.74. The van der Waals surface area contributed by atoms with Crippen molar-refractivity contribution in [2.24, 2.45) is 0 Å². The lowest BCUT2D eigenvalue weighted by molar-refractivity contribution is -0.140. The highest BCUT2D eigenvalue weighted by atomic mass is 32.2. The van der Waals surface area contributed by atoms with Crippen molar-refractivity contribution in [3.8, 4) is 11.5 Å². The van der Waals surface area contributed by atoms with Crippen molar-refractivity contribution in [2.75, 3.05) is 25.1 Å². The van der Waals surface area contributed by atoms with Gasteiger partial charge < -0.3 is 19.7 Å². The van der Waals surface area contributed by atoms with Gasteiger partial charge in [0, 0.05) is 12.6 Å². The topological polar surface area (TPSA) is 105 Å². The fraction of sp³-hybridized carbons (Fsp3) is 0.355. The van der Waals surface area contributed by atoms with E-state index in [2.05, 4.69) is 5.32 Å². The number of anilines is 1. The summed E-state index contributed by atoms with van der Waals surface area (Å²) in [4.78, 5) is 28.9. The maximum atomic E-state index is 14.1. The van der Waals surface area contributed by atoms with Crippen LogP contribution in [0.4, 0.5) is 5.69 Å². The van der Waals surface area contributed by atoms with Gasteiger partial charge >= 0.3 is 0 Å². The number of sulfonamides is 1. The lowest BCUT2D eigenvalue weighted by Crippen LogP contribution is -2.53. The van der Waals surface area contributed by atoms with Crippen molar-refractivity contribution in [3.05, 3.63) is 84.4 Å². The Morgan fingerprint density at radius 1 is 0.854 bits per heavy atom. The number of hydrogen-bond donors (Lipinski definition) is 1. The summed E-state index contributed by atoms with van der Waals surface area (Å²) in [5, 5.41) is 2.97. The Labute approximate surface area is 243 Å². The Balaban J connectivity index is 2.04.